The van der Waals surface area contributed by atoms with Crippen molar-refractivity contribution in [3.8, 4) is 23.0 Å². The molecule has 0 unspecified atom stereocenters. The molecule has 220 valence electrons. The van der Waals surface area contributed by atoms with Crippen molar-refractivity contribution in [3.63, 3.8) is 0 Å². The van der Waals surface area contributed by atoms with Gasteiger partial charge in [-0.3, -0.25) is 9.59 Å². The van der Waals surface area contributed by atoms with Crippen LogP contribution in [0.25, 0.3) is 0 Å². The summed E-state index contributed by atoms with van der Waals surface area (Å²) >= 11 is 0. The topological polar surface area (TPSA) is 68.3 Å². The minimum Gasteiger partial charge on any atom is -0.497 e. The Morgan fingerprint density at radius 3 is 1.37 bits per heavy atom. The monoisotopic (exact) mass is 576 g/mol. The Labute approximate surface area is 252 Å². The molecule has 6 rings (SSSR count). The smallest absolute Gasteiger partial charge is 0.210 e. The van der Waals surface area contributed by atoms with E-state index in [0.717, 1.165) is 72.6 Å². The van der Waals surface area contributed by atoms with Crippen molar-refractivity contribution in [3.05, 3.63) is 118 Å². The minimum atomic E-state index is -0.0141. The van der Waals surface area contributed by atoms with Gasteiger partial charge in [0, 0.05) is 13.1 Å². The number of amides is 2. The van der Waals surface area contributed by atoms with Gasteiger partial charge in [0.15, 0.2) is 0 Å². The lowest BCUT2D eigenvalue weighted by Crippen LogP contribution is -2.35. The highest BCUT2D eigenvalue weighted by Crippen LogP contribution is 2.36. The van der Waals surface area contributed by atoms with Crippen molar-refractivity contribution in [2.24, 2.45) is 0 Å². The first-order valence-electron chi connectivity index (χ1n) is 14.7. The predicted octanol–water partition coefficient (Wildman–Crippen LogP) is 6.09. The fourth-order valence-corrected chi connectivity index (χ4v) is 6.35. The van der Waals surface area contributed by atoms with E-state index in [4.69, 9.17) is 14.2 Å². The van der Waals surface area contributed by atoms with Crippen LogP contribution in [0, 0.1) is 0 Å². The standard InChI is InChI=1S/C36H36N2O5/c1-41-31-11-13-33-27(21-31)15-17-37(23-39)35(33)19-25-3-7-29(8-4-25)43-30-9-5-26(6-10-30)20-36-34-14-12-32(42-2)22-28(34)16-18-38(36)24-40/h3-14,21-24,35-36H,15-20H2,1-2H3/t35-,36-/m1/s1. The quantitative estimate of drug-likeness (QED) is 0.214. The van der Waals surface area contributed by atoms with Crippen LogP contribution in [0.2, 0.25) is 0 Å². The maximum absolute atomic E-state index is 11.9. The van der Waals surface area contributed by atoms with Crippen LogP contribution < -0.4 is 14.2 Å². The molecular weight excluding hydrogens is 540 g/mol. The Hall–Kier alpha value is -4.78. The number of carbonyl (C=O) groups excluding carboxylic acids is 2. The molecule has 43 heavy (non-hydrogen) atoms. The van der Waals surface area contributed by atoms with Gasteiger partial charge >= 0.3 is 0 Å². The molecule has 0 spiro atoms. The molecule has 0 radical (unpaired) electrons. The van der Waals surface area contributed by atoms with Gasteiger partial charge in [-0.1, -0.05) is 36.4 Å². The summed E-state index contributed by atoms with van der Waals surface area (Å²) < 4.78 is 17.0. The van der Waals surface area contributed by atoms with Gasteiger partial charge in [0.1, 0.15) is 23.0 Å². The van der Waals surface area contributed by atoms with E-state index in [9.17, 15) is 9.59 Å². The van der Waals surface area contributed by atoms with Crippen LogP contribution in [0.5, 0.6) is 23.0 Å². The molecule has 4 aromatic rings. The number of benzene rings is 4. The molecule has 2 heterocycles. The summed E-state index contributed by atoms with van der Waals surface area (Å²) in [6, 6.07) is 28.4. The second kappa shape index (κ2) is 12.6. The van der Waals surface area contributed by atoms with Gasteiger partial charge in [-0.25, -0.2) is 0 Å². The van der Waals surface area contributed by atoms with E-state index in [0.29, 0.717) is 13.1 Å². The summed E-state index contributed by atoms with van der Waals surface area (Å²) in [7, 11) is 3.35. The van der Waals surface area contributed by atoms with Crippen molar-refractivity contribution in [1.29, 1.82) is 0 Å². The number of hydrogen-bond donors (Lipinski definition) is 0. The molecule has 2 amide bonds. The van der Waals surface area contributed by atoms with Gasteiger partial charge in [0.25, 0.3) is 0 Å². The highest BCUT2D eigenvalue weighted by molar-refractivity contribution is 5.53. The molecule has 4 aromatic carbocycles. The number of ether oxygens (including phenoxy) is 3. The molecule has 0 aromatic heterocycles. The number of nitrogens with zero attached hydrogens (tertiary/aromatic N) is 2. The van der Waals surface area contributed by atoms with Crippen molar-refractivity contribution in [2.45, 2.75) is 37.8 Å². The fourth-order valence-electron chi connectivity index (χ4n) is 6.35. The third-order valence-electron chi connectivity index (χ3n) is 8.71. The zero-order valence-corrected chi connectivity index (χ0v) is 24.6. The summed E-state index contributed by atoms with van der Waals surface area (Å²) in [6.45, 7) is 1.39. The van der Waals surface area contributed by atoms with Gasteiger partial charge < -0.3 is 24.0 Å². The Kier molecular flexibility index (Phi) is 8.31. The molecule has 0 fully saturated rings. The van der Waals surface area contributed by atoms with Crippen LogP contribution in [0.4, 0.5) is 0 Å². The molecule has 0 saturated carbocycles. The second-order valence-electron chi connectivity index (χ2n) is 11.1. The molecule has 0 saturated heterocycles. The van der Waals surface area contributed by atoms with Crippen LogP contribution in [0.1, 0.15) is 45.5 Å². The van der Waals surface area contributed by atoms with Gasteiger partial charge in [0.2, 0.25) is 12.8 Å². The van der Waals surface area contributed by atoms with E-state index < -0.39 is 0 Å². The Morgan fingerprint density at radius 2 is 1.00 bits per heavy atom. The largest absolute Gasteiger partial charge is 0.497 e. The maximum atomic E-state index is 11.9. The minimum absolute atomic E-state index is 0.0141. The van der Waals surface area contributed by atoms with Crippen molar-refractivity contribution >= 4 is 12.8 Å². The number of hydrogen-bond acceptors (Lipinski definition) is 5. The number of rotatable bonds is 10. The molecule has 7 heteroatoms. The predicted molar refractivity (Wildman–Crippen MR) is 165 cm³/mol. The molecule has 2 aliphatic heterocycles. The first-order valence-corrected chi connectivity index (χ1v) is 14.7. The zero-order chi connectivity index (χ0) is 29.8. The molecule has 0 N–H and O–H groups in total. The van der Waals surface area contributed by atoms with Crippen LogP contribution in [-0.4, -0.2) is 49.9 Å². The Morgan fingerprint density at radius 1 is 0.605 bits per heavy atom. The summed E-state index contributed by atoms with van der Waals surface area (Å²) in [5.74, 6) is 3.18. The first-order chi connectivity index (χ1) is 21.1. The zero-order valence-electron chi connectivity index (χ0n) is 24.6. The number of methoxy groups -OCH3 is 2. The van der Waals surface area contributed by atoms with E-state index in [2.05, 4.69) is 48.5 Å². The van der Waals surface area contributed by atoms with Gasteiger partial charge in [0.05, 0.1) is 26.3 Å². The molecule has 0 aliphatic carbocycles. The molecular formula is C36H36N2O5. The van der Waals surface area contributed by atoms with Crippen molar-refractivity contribution < 1.29 is 23.8 Å². The average Bonchev–Trinajstić information content (AvgIpc) is 3.06. The van der Waals surface area contributed by atoms with Crippen LogP contribution in [0.15, 0.2) is 84.9 Å². The highest BCUT2D eigenvalue weighted by atomic mass is 16.5. The average molecular weight is 577 g/mol. The lowest BCUT2D eigenvalue weighted by atomic mass is 9.89. The Bertz CT molecular complexity index is 1470. The maximum Gasteiger partial charge on any atom is 0.210 e. The summed E-state index contributed by atoms with van der Waals surface area (Å²) in [5.41, 5.74) is 7.08. The lowest BCUT2D eigenvalue weighted by molar-refractivity contribution is -0.121. The van der Waals surface area contributed by atoms with Crippen LogP contribution in [0.3, 0.4) is 0 Å². The highest BCUT2D eigenvalue weighted by Gasteiger charge is 2.28. The third kappa shape index (κ3) is 6.07. The molecule has 7 nitrogen and oxygen atoms in total. The van der Waals surface area contributed by atoms with E-state index in [1.165, 1.54) is 22.3 Å². The SMILES string of the molecule is COc1ccc2c(c1)CCN(C=O)[C@@H]2Cc1ccc(Oc2ccc(C[C@@H]3c4ccc(OC)cc4CCN3C=O)cc2)cc1. The van der Waals surface area contributed by atoms with Crippen LogP contribution >= 0.6 is 0 Å². The van der Waals surface area contributed by atoms with E-state index in [1.807, 2.05) is 46.2 Å². The number of fused-ring (bicyclic) bond motifs is 2. The van der Waals surface area contributed by atoms with Crippen molar-refractivity contribution in [2.75, 3.05) is 27.3 Å². The normalized spacial score (nSPS) is 17.4. The van der Waals surface area contributed by atoms with Gasteiger partial charge in [-0.05, 0) is 108 Å². The molecule has 2 aliphatic rings. The van der Waals surface area contributed by atoms with E-state index in [-0.39, 0.29) is 12.1 Å². The van der Waals surface area contributed by atoms with Crippen molar-refractivity contribution in [1.82, 2.24) is 9.80 Å². The van der Waals surface area contributed by atoms with E-state index >= 15 is 0 Å². The van der Waals surface area contributed by atoms with Gasteiger partial charge in [-0.2, -0.15) is 0 Å². The Balaban J connectivity index is 1.11. The first kappa shape index (κ1) is 28.3. The third-order valence-corrected chi connectivity index (χ3v) is 8.71. The number of carbonyl (C=O) groups is 2. The van der Waals surface area contributed by atoms with Gasteiger partial charge in [-0.15, -0.1) is 0 Å². The fraction of sp³-hybridized carbons (Fsp3) is 0.278. The summed E-state index contributed by atoms with van der Waals surface area (Å²) in [5, 5.41) is 0. The molecule has 0 bridgehead atoms. The van der Waals surface area contributed by atoms with E-state index in [1.54, 1.807) is 14.2 Å². The lowest BCUT2D eigenvalue weighted by Gasteiger charge is -2.35. The summed E-state index contributed by atoms with van der Waals surface area (Å²) in [4.78, 5) is 27.5. The summed E-state index contributed by atoms with van der Waals surface area (Å²) in [6.07, 6.45) is 5.01. The molecule has 2 atom stereocenters. The second-order valence-corrected chi connectivity index (χ2v) is 11.1. The van der Waals surface area contributed by atoms with Crippen LogP contribution in [-0.2, 0) is 35.3 Å².